The highest BCUT2D eigenvalue weighted by Crippen LogP contribution is 2.18. The first-order valence-electron chi connectivity index (χ1n) is 7.29. The van der Waals surface area contributed by atoms with Gasteiger partial charge in [-0.1, -0.05) is 12.1 Å². The van der Waals surface area contributed by atoms with Crippen LogP contribution in [0, 0.1) is 5.82 Å². The van der Waals surface area contributed by atoms with E-state index < -0.39 is 12.0 Å². The minimum atomic E-state index is -4.82. The smallest absolute Gasteiger partial charge is 0.366 e. The molecular formula is C16H19F4N2O+. The summed E-state index contributed by atoms with van der Waals surface area (Å²) >= 11 is 0. The van der Waals surface area contributed by atoms with Crippen molar-refractivity contribution in [2.45, 2.75) is 12.7 Å². The fraction of sp³-hybridized carbons (Fsp3) is 0.438. The van der Waals surface area contributed by atoms with E-state index in [1.807, 2.05) is 0 Å². The van der Waals surface area contributed by atoms with Gasteiger partial charge in [0, 0.05) is 17.8 Å². The van der Waals surface area contributed by atoms with E-state index in [0.717, 1.165) is 29.7 Å². The van der Waals surface area contributed by atoms with Gasteiger partial charge in [0.25, 0.3) is 5.78 Å². The van der Waals surface area contributed by atoms with Crippen molar-refractivity contribution in [2.75, 3.05) is 33.2 Å². The van der Waals surface area contributed by atoms with Crippen molar-refractivity contribution in [3.05, 3.63) is 47.9 Å². The quantitative estimate of drug-likeness (QED) is 0.480. The molecule has 1 aliphatic rings. The number of benzene rings is 1. The van der Waals surface area contributed by atoms with Crippen LogP contribution in [-0.2, 0) is 11.3 Å². The number of piperazine rings is 1. The molecule has 0 unspecified atom stereocenters. The van der Waals surface area contributed by atoms with Crippen LogP contribution < -0.4 is 0 Å². The number of alkyl halides is 3. The average Bonchev–Trinajstić information content (AvgIpc) is 2.48. The van der Waals surface area contributed by atoms with Crippen molar-refractivity contribution in [2.24, 2.45) is 0 Å². The Morgan fingerprint density at radius 2 is 1.78 bits per heavy atom. The predicted octanol–water partition coefficient (Wildman–Crippen LogP) is 2.73. The molecule has 0 aliphatic carbocycles. The summed E-state index contributed by atoms with van der Waals surface area (Å²) in [5.74, 6) is -2.12. The topological polar surface area (TPSA) is 20.3 Å². The molecule has 7 heteroatoms. The van der Waals surface area contributed by atoms with Gasteiger partial charge in [-0.15, -0.1) is 0 Å². The van der Waals surface area contributed by atoms with Crippen molar-refractivity contribution in [1.29, 1.82) is 0 Å². The molecule has 1 heterocycles. The maximum absolute atomic E-state index is 12.9. The Labute approximate surface area is 132 Å². The minimum Gasteiger partial charge on any atom is -0.366 e. The van der Waals surface area contributed by atoms with Crippen molar-refractivity contribution < 1.29 is 26.8 Å². The molecule has 3 nitrogen and oxygen atoms in total. The second kappa shape index (κ2) is 6.70. The Hall–Kier alpha value is -1.89. The van der Waals surface area contributed by atoms with E-state index in [4.69, 9.17) is 0 Å². The lowest BCUT2D eigenvalue weighted by Crippen LogP contribution is -2.55. The minimum absolute atomic E-state index is 0.277. The molecule has 23 heavy (non-hydrogen) atoms. The lowest BCUT2D eigenvalue weighted by molar-refractivity contribution is -0.926. The number of ketones is 1. The van der Waals surface area contributed by atoms with E-state index >= 15 is 0 Å². The zero-order valence-corrected chi connectivity index (χ0v) is 12.8. The molecule has 0 radical (unpaired) electrons. The maximum atomic E-state index is 12.9. The summed E-state index contributed by atoms with van der Waals surface area (Å²) in [6.07, 6.45) is -3.02. The van der Waals surface area contributed by atoms with Gasteiger partial charge in [-0.05, 0) is 12.1 Å². The van der Waals surface area contributed by atoms with Crippen molar-refractivity contribution in [1.82, 2.24) is 4.90 Å². The molecule has 0 amide bonds. The van der Waals surface area contributed by atoms with Gasteiger partial charge < -0.3 is 9.38 Å². The molecule has 0 N–H and O–H groups in total. The van der Waals surface area contributed by atoms with Gasteiger partial charge in [-0.3, -0.25) is 4.79 Å². The van der Waals surface area contributed by atoms with Gasteiger partial charge in [0.05, 0.1) is 33.2 Å². The molecule has 0 aromatic heterocycles. The summed E-state index contributed by atoms with van der Waals surface area (Å²) in [7, 11) is 2.06. The van der Waals surface area contributed by atoms with Gasteiger partial charge >= 0.3 is 6.18 Å². The van der Waals surface area contributed by atoms with Gasteiger partial charge in [0.2, 0.25) is 0 Å². The predicted molar refractivity (Wildman–Crippen MR) is 77.8 cm³/mol. The number of hydrogen-bond acceptors (Lipinski definition) is 2. The summed E-state index contributed by atoms with van der Waals surface area (Å²) in [6.45, 7) is 3.35. The number of carbonyl (C=O) groups is 1. The Bertz CT molecular complexity index is 573. The van der Waals surface area contributed by atoms with Crippen LogP contribution >= 0.6 is 0 Å². The number of halogens is 4. The van der Waals surface area contributed by atoms with Crippen LogP contribution in [0.5, 0.6) is 0 Å². The van der Waals surface area contributed by atoms with Crippen molar-refractivity contribution in [3.63, 3.8) is 0 Å². The number of carbonyl (C=O) groups excluding carboxylic acids is 1. The van der Waals surface area contributed by atoms with Crippen molar-refractivity contribution >= 4 is 5.78 Å². The summed E-state index contributed by atoms with van der Waals surface area (Å²) in [5, 5.41) is 0. The van der Waals surface area contributed by atoms with E-state index in [0.29, 0.717) is 19.2 Å². The zero-order valence-electron chi connectivity index (χ0n) is 12.8. The molecule has 0 atom stereocenters. The van der Waals surface area contributed by atoms with Gasteiger partial charge in [-0.2, -0.15) is 13.2 Å². The highest BCUT2D eigenvalue weighted by atomic mass is 19.4. The van der Waals surface area contributed by atoms with Gasteiger partial charge in [0.1, 0.15) is 12.4 Å². The largest absolute Gasteiger partial charge is 0.454 e. The number of rotatable bonds is 4. The second-order valence-corrected chi connectivity index (χ2v) is 6.07. The molecule has 0 spiro atoms. The Balaban J connectivity index is 1.88. The summed E-state index contributed by atoms with van der Waals surface area (Å²) < 4.78 is 50.1. The van der Waals surface area contributed by atoms with E-state index in [-0.39, 0.29) is 5.82 Å². The van der Waals surface area contributed by atoms with Crippen LogP contribution in [0.1, 0.15) is 5.56 Å². The second-order valence-electron chi connectivity index (χ2n) is 6.07. The third-order valence-electron chi connectivity index (χ3n) is 4.05. The highest BCUT2D eigenvalue weighted by molar-refractivity contribution is 5.94. The van der Waals surface area contributed by atoms with Crippen LogP contribution in [0.2, 0.25) is 0 Å². The van der Waals surface area contributed by atoms with Crippen LogP contribution in [0.15, 0.2) is 36.5 Å². The number of quaternary nitrogens is 1. The molecular weight excluding hydrogens is 312 g/mol. The third-order valence-corrected chi connectivity index (χ3v) is 4.05. The summed E-state index contributed by atoms with van der Waals surface area (Å²) in [5.41, 5.74) is 1.02. The first-order chi connectivity index (χ1) is 10.7. The number of likely N-dealkylation sites (N-methyl/N-ethyl adjacent to an activating group) is 1. The highest BCUT2D eigenvalue weighted by Gasteiger charge is 2.36. The van der Waals surface area contributed by atoms with Crippen LogP contribution in [0.25, 0.3) is 0 Å². The van der Waals surface area contributed by atoms with Crippen LogP contribution in [0.3, 0.4) is 0 Å². The van der Waals surface area contributed by atoms with Gasteiger partial charge in [-0.25, -0.2) is 4.39 Å². The van der Waals surface area contributed by atoms with Crippen LogP contribution in [-0.4, -0.2) is 54.6 Å². The molecule has 0 saturated carbocycles. The number of nitrogens with zero attached hydrogens (tertiary/aromatic N) is 2. The molecule has 1 aromatic carbocycles. The van der Waals surface area contributed by atoms with E-state index in [1.54, 1.807) is 17.0 Å². The molecule has 2 rings (SSSR count). The molecule has 1 aromatic rings. The molecule has 1 aliphatic heterocycles. The van der Waals surface area contributed by atoms with Crippen LogP contribution in [0.4, 0.5) is 17.6 Å². The summed E-state index contributed by atoms with van der Waals surface area (Å²) in [4.78, 5) is 12.5. The number of hydrogen-bond donors (Lipinski definition) is 0. The van der Waals surface area contributed by atoms with E-state index in [9.17, 15) is 22.4 Å². The monoisotopic (exact) mass is 331 g/mol. The lowest BCUT2D eigenvalue weighted by atomic mass is 10.1. The number of allylic oxidation sites excluding steroid dienone is 1. The SMILES string of the molecule is C[N+]1(Cc2ccc(F)cc2)CCN(C=CC(=O)C(F)(F)F)CC1. The van der Waals surface area contributed by atoms with E-state index in [2.05, 4.69) is 7.05 Å². The van der Waals surface area contributed by atoms with Gasteiger partial charge in [0.15, 0.2) is 0 Å². The fourth-order valence-electron chi connectivity index (χ4n) is 2.57. The zero-order chi connectivity index (χ0) is 17.1. The Morgan fingerprint density at radius 3 is 2.30 bits per heavy atom. The van der Waals surface area contributed by atoms with E-state index in [1.165, 1.54) is 18.3 Å². The van der Waals surface area contributed by atoms with Crippen molar-refractivity contribution in [3.8, 4) is 0 Å². The molecule has 1 saturated heterocycles. The molecule has 0 bridgehead atoms. The lowest BCUT2D eigenvalue weighted by Gasteiger charge is -2.41. The standard InChI is InChI=1S/C16H19F4N2O/c1-22(12-13-2-4-14(17)5-3-13)10-8-21(9-11-22)7-6-15(23)16(18,19)20/h2-7H,8-12H2,1H3/q+1. The maximum Gasteiger partial charge on any atom is 0.454 e. The first-order valence-corrected chi connectivity index (χ1v) is 7.29. The average molecular weight is 331 g/mol. The fourth-order valence-corrected chi connectivity index (χ4v) is 2.57. The third kappa shape index (κ3) is 5.06. The normalized spacial score (nSPS) is 18.4. The molecule has 126 valence electrons. The molecule has 1 fully saturated rings. The Morgan fingerprint density at radius 1 is 1.22 bits per heavy atom. The first kappa shape index (κ1) is 17.5. The summed E-state index contributed by atoms with van der Waals surface area (Å²) in [6, 6.07) is 6.33. The Kier molecular flexibility index (Phi) is 5.09.